The number of carboxylic acids is 1. The third kappa shape index (κ3) is 2.90. The molecular formula is C14H9F3O3. The van der Waals surface area contributed by atoms with Crippen molar-refractivity contribution >= 4 is 5.97 Å². The first-order valence-electron chi connectivity index (χ1n) is 5.57. The molecule has 2 aromatic carbocycles. The molecule has 0 saturated carbocycles. The molecule has 0 aliphatic heterocycles. The van der Waals surface area contributed by atoms with Crippen LogP contribution in [-0.4, -0.2) is 11.1 Å². The van der Waals surface area contributed by atoms with Crippen LogP contribution in [0.3, 0.4) is 0 Å². The molecule has 0 amide bonds. The van der Waals surface area contributed by atoms with E-state index in [0.29, 0.717) is 6.07 Å². The lowest BCUT2D eigenvalue weighted by Crippen LogP contribution is -2.07. The van der Waals surface area contributed by atoms with Crippen LogP contribution in [-0.2, 0) is 6.61 Å². The molecule has 0 bridgehead atoms. The van der Waals surface area contributed by atoms with Crippen molar-refractivity contribution < 1.29 is 27.8 Å². The average molecular weight is 282 g/mol. The molecule has 0 unspecified atom stereocenters. The number of carbonyl (C=O) groups is 1. The van der Waals surface area contributed by atoms with E-state index < -0.39 is 29.0 Å². The topological polar surface area (TPSA) is 46.5 Å². The minimum absolute atomic E-state index is 0.0343. The Labute approximate surface area is 112 Å². The highest BCUT2D eigenvalue weighted by atomic mass is 19.1. The Kier molecular flexibility index (Phi) is 3.93. The molecule has 0 radical (unpaired) electrons. The minimum Gasteiger partial charge on any atom is -0.488 e. The summed E-state index contributed by atoms with van der Waals surface area (Å²) in [5, 5.41) is 8.89. The molecule has 0 spiro atoms. The van der Waals surface area contributed by atoms with Crippen LogP contribution in [0, 0.1) is 17.5 Å². The van der Waals surface area contributed by atoms with Crippen molar-refractivity contribution in [2.45, 2.75) is 6.61 Å². The van der Waals surface area contributed by atoms with E-state index >= 15 is 0 Å². The Balaban J connectivity index is 2.23. The average Bonchev–Trinajstić information content (AvgIpc) is 2.37. The molecule has 0 aliphatic rings. The van der Waals surface area contributed by atoms with E-state index in [9.17, 15) is 18.0 Å². The van der Waals surface area contributed by atoms with Gasteiger partial charge in [-0.05, 0) is 24.3 Å². The fraction of sp³-hybridized carbons (Fsp3) is 0.0714. The fourth-order valence-corrected chi connectivity index (χ4v) is 1.63. The SMILES string of the molecule is O=C(O)c1c(F)cccc1OCc1ccc(F)cc1F. The van der Waals surface area contributed by atoms with Gasteiger partial charge in [-0.1, -0.05) is 6.07 Å². The van der Waals surface area contributed by atoms with Gasteiger partial charge in [0.2, 0.25) is 0 Å². The smallest absolute Gasteiger partial charge is 0.342 e. The van der Waals surface area contributed by atoms with Crippen molar-refractivity contribution in [2.24, 2.45) is 0 Å². The highest BCUT2D eigenvalue weighted by Gasteiger charge is 2.17. The molecule has 0 heterocycles. The van der Waals surface area contributed by atoms with Crippen LogP contribution in [0.5, 0.6) is 5.75 Å². The second-order valence-corrected chi connectivity index (χ2v) is 3.94. The number of carboxylic acid groups (broad SMARTS) is 1. The van der Waals surface area contributed by atoms with Crippen LogP contribution < -0.4 is 4.74 Å². The maximum Gasteiger partial charge on any atom is 0.342 e. The number of halogens is 3. The zero-order chi connectivity index (χ0) is 14.7. The Morgan fingerprint density at radius 3 is 2.50 bits per heavy atom. The standard InChI is InChI=1S/C14H9F3O3/c15-9-5-4-8(11(17)6-9)7-20-12-3-1-2-10(16)13(12)14(18)19/h1-6H,7H2,(H,18,19). The molecule has 0 saturated heterocycles. The Morgan fingerprint density at radius 1 is 1.10 bits per heavy atom. The van der Waals surface area contributed by atoms with Crippen LogP contribution in [0.25, 0.3) is 0 Å². The zero-order valence-corrected chi connectivity index (χ0v) is 10.1. The number of ether oxygens (including phenoxy) is 1. The van der Waals surface area contributed by atoms with E-state index in [-0.39, 0.29) is 17.9 Å². The lowest BCUT2D eigenvalue weighted by molar-refractivity contribution is 0.0686. The predicted molar refractivity (Wildman–Crippen MR) is 64.0 cm³/mol. The highest BCUT2D eigenvalue weighted by Crippen LogP contribution is 2.23. The Hall–Kier alpha value is -2.50. The molecule has 2 rings (SSSR count). The number of hydrogen-bond donors (Lipinski definition) is 1. The fourth-order valence-electron chi connectivity index (χ4n) is 1.63. The molecule has 3 nitrogen and oxygen atoms in total. The van der Waals surface area contributed by atoms with Crippen molar-refractivity contribution in [2.75, 3.05) is 0 Å². The highest BCUT2D eigenvalue weighted by molar-refractivity contribution is 5.91. The van der Waals surface area contributed by atoms with E-state index in [1.54, 1.807) is 0 Å². The molecule has 1 N–H and O–H groups in total. The maximum absolute atomic E-state index is 13.4. The van der Waals surface area contributed by atoms with Crippen LogP contribution in [0.15, 0.2) is 36.4 Å². The first kappa shape index (κ1) is 13.9. The summed E-state index contributed by atoms with van der Waals surface area (Å²) in [4.78, 5) is 10.9. The van der Waals surface area contributed by atoms with Gasteiger partial charge in [0.25, 0.3) is 0 Å². The number of hydrogen-bond acceptors (Lipinski definition) is 2. The van der Waals surface area contributed by atoms with Gasteiger partial charge in [0.15, 0.2) is 0 Å². The van der Waals surface area contributed by atoms with Crippen molar-refractivity contribution in [3.63, 3.8) is 0 Å². The van der Waals surface area contributed by atoms with Gasteiger partial charge in [-0.15, -0.1) is 0 Å². The Morgan fingerprint density at radius 2 is 1.85 bits per heavy atom. The summed E-state index contributed by atoms with van der Waals surface area (Å²) in [6.45, 7) is -0.337. The molecule has 0 atom stereocenters. The van der Waals surface area contributed by atoms with Gasteiger partial charge in [-0.3, -0.25) is 0 Å². The Bertz CT molecular complexity index is 656. The van der Waals surface area contributed by atoms with Gasteiger partial charge in [-0.25, -0.2) is 18.0 Å². The molecule has 20 heavy (non-hydrogen) atoms. The number of rotatable bonds is 4. The van der Waals surface area contributed by atoms with Gasteiger partial charge in [0.1, 0.15) is 35.4 Å². The van der Waals surface area contributed by atoms with Crippen molar-refractivity contribution in [3.8, 4) is 5.75 Å². The summed E-state index contributed by atoms with van der Waals surface area (Å²) < 4.78 is 44.6. The van der Waals surface area contributed by atoms with Crippen molar-refractivity contribution in [3.05, 3.63) is 65.0 Å². The monoisotopic (exact) mass is 282 g/mol. The number of benzene rings is 2. The second kappa shape index (κ2) is 5.64. The summed E-state index contributed by atoms with van der Waals surface area (Å²) >= 11 is 0. The van der Waals surface area contributed by atoms with Gasteiger partial charge in [0, 0.05) is 11.6 Å². The van der Waals surface area contributed by atoms with Gasteiger partial charge in [0.05, 0.1) is 0 Å². The van der Waals surface area contributed by atoms with E-state index in [4.69, 9.17) is 9.84 Å². The van der Waals surface area contributed by atoms with E-state index in [0.717, 1.165) is 12.1 Å². The largest absolute Gasteiger partial charge is 0.488 e. The summed E-state index contributed by atoms with van der Waals surface area (Å²) in [5.41, 5.74) is -0.595. The third-order valence-electron chi connectivity index (χ3n) is 2.59. The summed E-state index contributed by atoms with van der Waals surface area (Å²) in [6, 6.07) is 6.42. The lowest BCUT2D eigenvalue weighted by atomic mass is 10.2. The normalized spacial score (nSPS) is 10.3. The third-order valence-corrected chi connectivity index (χ3v) is 2.59. The van der Waals surface area contributed by atoms with Crippen LogP contribution >= 0.6 is 0 Å². The van der Waals surface area contributed by atoms with E-state index in [1.807, 2.05) is 0 Å². The molecule has 104 valence electrons. The second-order valence-electron chi connectivity index (χ2n) is 3.94. The van der Waals surface area contributed by atoms with Gasteiger partial charge in [-0.2, -0.15) is 0 Å². The minimum atomic E-state index is -1.49. The summed E-state index contributed by atoms with van der Waals surface area (Å²) in [7, 11) is 0. The van der Waals surface area contributed by atoms with Gasteiger partial charge >= 0.3 is 5.97 Å². The summed E-state index contributed by atoms with van der Waals surface area (Å²) in [6.07, 6.45) is 0. The molecule has 0 aromatic heterocycles. The van der Waals surface area contributed by atoms with E-state index in [1.165, 1.54) is 18.2 Å². The lowest BCUT2D eigenvalue weighted by Gasteiger charge is -2.10. The van der Waals surface area contributed by atoms with Gasteiger partial charge < -0.3 is 9.84 Å². The molecular weight excluding hydrogens is 273 g/mol. The number of aromatic carboxylic acids is 1. The maximum atomic E-state index is 13.4. The van der Waals surface area contributed by atoms with Crippen LogP contribution in [0.4, 0.5) is 13.2 Å². The molecule has 0 fully saturated rings. The van der Waals surface area contributed by atoms with Crippen molar-refractivity contribution in [1.82, 2.24) is 0 Å². The van der Waals surface area contributed by atoms with Crippen LogP contribution in [0.2, 0.25) is 0 Å². The first-order valence-corrected chi connectivity index (χ1v) is 5.57. The molecule has 0 aliphatic carbocycles. The quantitative estimate of drug-likeness (QED) is 0.935. The first-order chi connectivity index (χ1) is 9.49. The zero-order valence-electron chi connectivity index (χ0n) is 10.1. The molecule has 2 aromatic rings. The van der Waals surface area contributed by atoms with E-state index in [2.05, 4.69) is 0 Å². The summed E-state index contributed by atoms with van der Waals surface area (Å²) in [5.74, 6) is -4.21. The van der Waals surface area contributed by atoms with Crippen molar-refractivity contribution in [1.29, 1.82) is 0 Å². The molecule has 6 heteroatoms. The van der Waals surface area contributed by atoms with Crippen LogP contribution in [0.1, 0.15) is 15.9 Å². The predicted octanol–water partition coefficient (Wildman–Crippen LogP) is 3.38.